The van der Waals surface area contributed by atoms with Gasteiger partial charge in [0.25, 0.3) is 0 Å². The van der Waals surface area contributed by atoms with Crippen LogP contribution in [0.1, 0.15) is 33.1 Å². The molecule has 0 N–H and O–H groups in total. The first-order valence-corrected chi connectivity index (χ1v) is 7.90. The van der Waals surface area contributed by atoms with Crippen LogP contribution in [0.4, 0.5) is 0 Å². The fraction of sp³-hybridized carbons (Fsp3) is 0.267. The fourth-order valence-corrected chi connectivity index (χ4v) is 2.97. The van der Waals surface area contributed by atoms with Crippen molar-refractivity contribution in [3.05, 3.63) is 55.5 Å². The van der Waals surface area contributed by atoms with Gasteiger partial charge in [-0.2, -0.15) is 0 Å². The molecular formula is C15H14Br2N2O2. The smallest absolute Gasteiger partial charge is 0.339 e. The number of rotatable bonds is 3. The molecule has 0 saturated heterocycles. The van der Waals surface area contributed by atoms with Gasteiger partial charge in [0.1, 0.15) is 6.61 Å². The molecule has 6 heteroatoms. The van der Waals surface area contributed by atoms with Crippen molar-refractivity contribution in [3.8, 4) is 0 Å². The molecule has 21 heavy (non-hydrogen) atoms. The van der Waals surface area contributed by atoms with Crippen molar-refractivity contribution in [3.63, 3.8) is 0 Å². The van der Waals surface area contributed by atoms with Crippen molar-refractivity contribution in [2.45, 2.75) is 27.4 Å². The Morgan fingerprint density at radius 1 is 1.10 bits per heavy atom. The van der Waals surface area contributed by atoms with Crippen LogP contribution in [0.3, 0.4) is 0 Å². The third-order valence-electron chi connectivity index (χ3n) is 3.07. The second kappa shape index (κ2) is 6.66. The van der Waals surface area contributed by atoms with E-state index in [0.29, 0.717) is 15.7 Å². The van der Waals surface area contributed by atoms with Gasteiger partial charge in [-0.25, -0.2) is 4.79 Å². The number of benzene rings is 1. The molecule has 0 spiro atoms. The lowest BCUT2D eigenvalue weighted by molar-refractivity contribution is 0.0465. The largest absolute Gasteiger partial charge is 0.455 e. The van der Waals surface area contributed by atoms with Gasteiger partial charge in [-0.1, -0.05) is 15.9 Å². The van der Waals surface area contributed by atoms with Crippen molar-refractivity contribution in [1.29, 1.82) is 0 Å². The lowest BCUT2D eigenvalue weighted by Crippen LogP contribution is -2.10. The van der Waals surface area contributed by atoms with Gasteiger partial charge in [0.2, 0.25) is 0 Å². The highest BCUT2D eigenvalue weighted by Gasteiger charge is 2.14. The summed E-state index contributed by atoms with van der Waals surface area (Å²) in [5, 5.41) is 0. The van der Waals surface area contributed by atoms with Crippen LogP contribution in [0.2, 0.25) is 0 Å². The van der Waals surface area contributed by atoms with Gasteiger partial charge >= 0.3 is 5.97 Å². The molecule has 0 radical (unpaired) electrons. The minimum atomic E-state index is -0.395. The number of carbonyl (C=O) groups is 1. The van der Waals surface area contributed by atoms with Crippen LogP contribution in [0, 0.1) is 20.8 Å². The first-order valence-electron chi connectivity index (χ1n) is 6.31. The normalized spacial score (nSPS) is 10.5. The highest BCUT2D eigenvalue weighted by Crippen LogP contribution is 2.23. The Bertz CT molecular complexity index is 702. The summed E-state index contributed by atoms with van der Waals surface area (Å²) in [6, 6.07) is 5.30. The van der Waals surface area contributed by atoms with Gasteiger partial charge in [0.15, 0.2) is 0 Å². The molecule has 110 valence electrons. The monoisotopic (exact) mass is 412 g/mol. The van der Waals surface area contributed by atoms with E-state index >= 15 is 0 Å². The van der Waals surface area contributed by atoms with Gasteiger partial charge in [0, 0.05) is 8.95 Å². The molecule has 1 aromatic heterocycles. The third kappa shape index (κ3) is 3.89. The van der Waals surface area contributed by atoms with Crippen LogP contribution in [-0.2, 0) is 11.3 Å². The molecule has 2 rings (SSSR count). The van der Waals surface area contributed by atoms with Crippen LogP contribution in [0.25, 0.3) is 0 Å². The van der Waals surface area contributed by atoms with E-state index in [2.05, 4.69) is 41.8 Å². The molecule has 0 atom stereocenters. The summed E-state index contributed by atoms with van der Waals surface area (Å²) >= 11 is 6.70. The van der Waals surface area contributed by atoms with Crippen LogP contribution < -0.4 is 0 Å². The molecule has 0 aliphatic carbocycles. The van der Waals surface area contributed by atoms with E-state index in [4.69, 9.17) is 4.74 Å². The summed E-state index contributed by atoms with van der Waals surface area (Å²) < 4.78 is 6.90. The second-order valence-corrected chi connectivity index (χ2v) is 6.40. The van der Waals surface area contributed by atoms with Crippen LogP contribution in [-0.4, -0.2) is 15.9 Å². The van der Waals surface area contributed by atoms with E-state index in [0.717, 1.165) is 21.6 Å². The SMILES string of the molecule is Cc1nc(C)c(COC(=O)c2ccc(Br)cc2Br)nc1C. The van der Waals surface area contributed by atoms with Crippen LogP contribution in [0.5, 0.6) is 0 Å². The Morgan fingerprint density at radius 3 is 2.43 bits per heavy atom. The van der Waals surface area contributed by atoms with E-state index in [9.17, 15) is 4.79 Å². The Kier molecular flexibility index (Phi) is 5.11. The molecule has 0 amide bonds. The maximum Gasteiger partial charge on any atom is 0.339 e. The van der Waals surface area contributed by atoms with Crippen molar-refractivity contribution in [1.82, 2.24) is 9.97 Å². The summed E-state index contributed by atoms with van der Waals surface area (Å²) in [4.78, 5) is 20.9. The van der Waals surface area contributed by atoms with E-state index in [1.165, 1.54) is 0 Å². The predicted molar refractivity (Wildman–Crippen MR) is 87.2 cm³/mol. The van der Waals surface area contributed by atoms with Gasteiger partial charge < -0.3 is 4.74 Å². The molecule has 4 nitrogen and oxygen atoms in total. The summed E-state index contributed by atoms with van der Waals surface area (Å²) in [7, 11) is 0. The molecular weight excluding hydrogens is 400 g/mol. The quantitative estimate of drug-likeness (QED) is 0.704. The number of nitrogens with zero attached hydrogens (tertiary/aromatic N) is 2. The van der Waals surface area contributed by atoms with E-state index in [1.807, 2.05) is 20.8 Å². The molecule has 2 aromatic rings. The standard InChI is InChI=1S/C15H14Br2N2O2/c1-8-9(2)19-14(10(3)18-8)7-21-15(20)12-5-4-11(16)6-13(12)17/h4-6H,7H2,1-3H3. The fourth-order valence-electron chi connectivity index (χ4n) is 1.76. The van der Waals surface area contributed by atoms with Gasteiger partial charge in [-0.3, -0.25) is 9.97 Å². The van der Waals surface area contributed by atoms with Crippen molar-refractivity contribution in [2.75, 3.05) is 0 Å². The predicted octanol–water partition coefficient (Wildman–Crippen LogP) is 4.28. The molecule has 0 fully saturated rings. The first kappa shape index (κ1) is 16.1. The second-order valence-electron chi connectivity index (χ2n) is 4.63. The molecule has 1 heterocycles. The number of hydrogen-bond acceptors (Lipinski definition) is 4. The zero-order valence-electron chi connectivity index (χ0n) is 11.9. The van der Waals surface area contributed by atoms with Crippen LogP contribution in [0.15, 0.2) is 27.1 Å². The number of carbonyl (C=O) groups excluding carboxylic acids is 1. The summed E-state index contributed by atoms with van der Waals surface area (Å²) in [5.41, 5.74) is 3.67. The number of halogens is 2. The number of aryl methyl sites for hydroxylation is 3. The maximum atomic E-state index is 12.1. The number of aromatic nitrogens is 2. The Morgan fingerprint density at radius 2 is 1.76 bits per heavy atom. The molecule has 1 aromatic carbocycles. The first-order chi connectivity index (χ1) is 9.88. The number of hydrogen-bond donors (Lipinski definition) is 0. The molecule has 0 unspecified atom stereocenters. The summed E-state index contributed by atoms with van der Waals surface area (Å²) in [6.45, 7) is 5.77. The van der Waals surface area contributed by atoms with E-state index in [1.54, 1.807) is 18.2 Å². The minimum absolute atomic E-state index is 0.112. The Balaban J connectivity index is 2.13. The average molecular weight is 414 g/mol. The Labute approximate surface area is 140 Å². The molecule has 0 bridgehead atoms. The maximum absolute atomic E-state index is 12.1. The number of esters is 1. The van der Waals surface area contributed by atoms with Crippen LogP contribution >= 0.6 is 31.9 Å². The molecule has 0 saturated carbocycles. The lowest BCUT2D eigenvalue weighted by Gasteiger charge is -2.09. The highest BCUT2D eigenvalue weighted by atomic mass is 79.9. The molecule has 0 aliphatic heterocycles. The summed E-state index contributed by atoms with van der Waals surface area (Å²) in [5.74, 6) is -0.395. The zero-order chi connectivity index (χ0) is 15.6. The Hall–Kier alpha value is -1.27. The highest BCUT2D eigenvalue weighted by molar-refractivity contribution is 9.11. The van der Waals surface area contributed by atoms with Crippen molar-refractivity contribution in [2.24, 2.45) is 0 Å². The molecule has 0 aliphatic rings. The van der Waals surface area contributed by atoms with Crippen molar-refractivity contribution >= 4 is 37.8 Å². The van der Waals surface area contributed by atoms with E-state index in [-0.39, 0.29) is 6.61 Å². The third-order valence-corrected chi connectivity index (χ3v) is 4.22. The zero-order valence-corrected chi connectivity index (χ0v) is 15.1. The van der Waals surface area contributed by atoms with Gasteiger partial charge in [0.05, 0.1) is 28.3 Å². The van der Waals surface area contributed by atoms with Crippen molar-refractivity contribution < 1.29 is 9.53 Å². The number of ether oxygens (including phenoxy) is 1. The van der Waals surface area contributed by atoms with E-state index < -0.39 is 5.97 Å². The van der Waals surface area contributed by atoms with Gasteiger partial charge in [-0.05, 0) is 54.9 Å². The van der Waals surface area contributed by atoms with Gasteiger partial charge in [-0.15, -0.1) is 0 Å². The average Bonchev–Trinajstić information content (AvgIpc) is 2.41. The summed E-state index contributed by atoms with van der Waals surface area (Å²) in [6.07, 6.45) is 0. The topological polar surface area (TPSA) is 52.1 Å². The minimum Gasteiger partial charge on any atom is -0.455 e. The lowest BCUT2D eigenvalue weighted by atomic mass is 10.2.